The van der Waals surface area contributed by atoms with Gasteiger partial charge in [0.1, 0.15) is 11.4 Å². The molecule has 1 atom stereocenters. The van der Waals surface area contributed by atoms with Gasteiger partial charge in [0.2, 0.25) is 6.23 Å². The van der Waals surface area contributed by atoms with Crippen LogP contribution in [0.15, 0.2) is 90.3 Å². The normalized spacial score (nSPS) is 15.6. The third kappa shape index (κ3) is 2.86. The van der Waals surface area contributed by atoms with Gasteiger partial charge in [0.05, 0.1) is 22.1 Å². The predicted octanol–water partition coefficient (Wildman–Crippen LogP) is 4.86. The predicted molar refractivity (Wildman–Crippen MR) is 128 cm³/mol. The number of pyridine rings is 4. The number of hydrogen-bond acceptors (Lipinski definition) is 7. The van der Waals surface area contributed by atoms with Crippen molar-refractivity contribution in [2.75, 3.05) is 0 Å². The molecular formula is C26H16N6O. The molecule has 1 aliphatic heterocycles. The summed E-state index contributed by atoms with van der Waals surface area (Å²) in [7, 11) is 0. The first kappa shape index (κ1) is 18.0. The molecule has 1 N–H and O–H groups in total. The van der Waals surface area contributed by atoms with Gasteiger partial charge in [-0.05, 0) is 24.3 Å². The molecule has 0 spiro atoms. The monoisotopic (exact) mass is 428 g/mol. The van der Waals surface area contributed by atoms with Crippen molar-refractivity contribution < 1.29 is 4.74 Å². The molecule has 0 saturated heterocycles. The first-order chi connectivity index (χ1) is 16.3. The minimum atomic E-state index is -0.508. The molecule has 1 aliphatic rings. The van der Waals surface area contributed by atoms with Crippen LogP contribution < -0.4 is 5.43 Å². The number of rotatable bonds is 2. The first-order valence-corrected chi connectivity index (χ1v) is 10.6. The summed E-state index contributed by atoms with van der Waals surface area (Å²) < 4.78 is 6.13. The Labute approximate surface area is 187 Å². The zero-order valence-electron chi connectivity index (χ0n) is 17.3. The number of hydrogen-bond donors (Lipinski definition) is 1. The van der Waals surface area contributed by atoms with Gasteiger partial charge >= 0.3 is 0 Å². The van der Waals surface area contributed by atoms with Crippen LogP contribution in [0.2, 0.25) is 0 Å². The molecule has 0 saturated carbocycles. The Bertz CT molecular complexity index is 1750. The van der Waals surface area contributed by atoms with Crippen molar-refractivity contribution in [3.8, 4) is 0 Å². The van der Waals surface area contributed by atoms with Gasteiger partial charge in [-0.1, -0.05) is 48.5 Å². The lowest BCUT2D eigenvalue weighted by molar-refractivity contribution is 0.186. The molecule has 0 aliphatic carbocycles. The average Bonchev–Trinajstić information content (AvgIpc) is 3.38. The van der Waals surface area contributed by atoms with Gasteiger partial charge in [0, 0.05) is 33.9 Å². The largest absolute Gasteiger partial charge is 0.444 e. The Morgan fingerprint density at radius 2 is 1.18 bits per heavy atom. The first-order valence-electron chi connectivity index (χ1n) is 10.6. The van der Waals surface area contributed by atoms with Crippen LogP contribution in [0.4, 0.5) is 0 Å². The van der Waals surface area contributed by atoms with E-state index >= 15 is 0 Å². The van der Waals surface area contributed by atoms with E-state index in [1.54, 1.807) is 12.4 Å². The number of aromatic nitrogens is 4. The molecule has 4 aromatic heterocycles. The van der Waals surface area contributed by atoms with Crippen LogP contribution in [-0.4, -0.2) is 25.8 Å². The summed E-state index contributed by atoms with van der Waals surface area (Å²) in [4.78, 5) is 18.7. The van der Waals surface area contributed by atoms with Crippen molar-refractivity contribution in [3.63, 3.8) is 0 Å². The Morgan fingerprint density at radius 1 is 0.606 bits per heavy atom. The van der Waals surface area contributed by atoms with Crippen LogP contribution >= 0.6 is 0 Å². The lowest BCUT2D eigenvalue weighted by atomic mass is 10.1. The number of fused-ring (bicyclic) bond motifs is 6. The molecule has 33 heavy (non-hydrogen) atoms. The summed E-state index contributed by atoms with van der Waals surface area (Å²) in [6.45, 7) is 0. The summed E-state index contributed by atoms with van der Waals surface area (Å²) in [5.41, 5.74) is 7.80. The highest BCUT2D eigenvalue weighted by molar-refractivity contribution is 6.05. The molecule has 2 aromatic carbocycles. The van der Waals surface area contributed by atoms with E-state index in [4.69, 9.17) is 14.7 Å². The van der Waals surface area contributed by atoms with Gasteiger partial charge in [0.15, 0.2) is 0 Å². The van der Waals surface area contributed by atoms with Gasteiger partial charge in [-0.3, -0.25) is 15.4 Å². The molecule has 7 rings (SSSR count). The van der Waals surface area contributed by atoms with Crippen LogP contribution in [0.3, 0.4) is 0 Å². The Morgan fingerprint density at radius 3 is 1.88 bits per heavy atom. The SMILES string of the molecule is c1cnc2c(c1)ccc1ccc(C3=NNC(c4ccc5ccc6cccnc6c5n4)O3)nc12. The van der Waals surface area contributed by atoms with E-state index < -0.39 is 6.23 Å². The molecule has 0 amide bonds. The van der Waals surface area contributed by atoms with Gasteiger partial charge in [-0.2, -0.15) is 0 Å². The molecule has 7 nitrogen and oxygen atoms in total. The van der Waals surface area contributed by atoms with E-state index in [9.17, 15) is 0 Å². The minimum absolute atomic E-state index is 0.424. The van der Waals surface area contributed by atoms with Crippen molar-refractivity contribution >= 4 is 49.5 Å². The maximum absolute atomic E-state index is 6.13. The highest BCUT2D eigenvalue weighted by Gasteiger charge is 2.25. The highest BCUT2D eigenvalue weighted by Crippen LogP contribution is 2.27. The van der Waals surface area contributed by atoms with Crippen LogP contribution in [0.25, 0.3) is 43.6 Å². The average molecular weight is 428 g/mol. The van der Waals surface area contributed by atoms with Crippen molar-refractivity contribution in [3.05, 3.63) is 96.6 Å². The lowest BCUT2D eigenvalue weighted by Gasteiger charge is -2.12. The standard InChI is InChI=1S/C26H16N6O/c1-3-15-5-7-17-9-11-19(29-23(17)21(15)27-13-1)25-31-32-26(33-25)20-12-10-18-8-6-16-4-2-14-28-22(16)24(18)30-20/h1-14,25,31H. The van der Waals surface area contributed by atoms with E-state index in [-0.39, 0.29) is 0 Å². The third-order valence-corrected chi connectivity index (χ3v) is 5.89. The van der Waals surface area contributed by atoms with E-state index in [1.165, 1.54) is 0 Å². The molecule has 0 radical (unpaired) electrons. The number of hydrazone groups is 1. The Kier molecular flexibility index (Phi) is 3.77. The fraction of sp³-hybridized carbons (Fsp3) is 0.0385. The van der Waals surface area contributed by atoms with Gasteiger partial charge in [-0.25, -0.2) is 9.97 Å². The number of nitrogens with zero attached hydrogens (tertiary/aromatic N) is 5. The molecule has 0 fully saturated rings. The third-order valence-electron chi connectivity index (χ3n) is 5.89. The zero-order valence-corrected chi connectivity index (χ0v) is 17.3. The summed E-state index contributed by atoms with van der Waals surface area (Å²) >= 11 is 0. The molecule has 0 bridgehead atoms. The highest BCUT2D eigenvalue weighted by atomic mass is 16.5. The van der Waals surface area contributed by atoms with Crippen LogP contribution in [0.5, 0.6) is 0 Å². The van der Waals surface area contributed by atoms with Crippen molar-refractivity contribution in [2.24, 2.45) is 5.10 Å². The number of ether oxygens (including phenoxy) is 1. The number of benzene rings is 2. The van der Waals surface area contributed by atoms with Crippen molar-refractivity contribution in [1.82, 2.24) is 25.4 Å². The Hall–Kier alpha value is -4.65. The fourth-order valence-corrected chi connectivity index (χ4v) is 4.25. The maximum Gasteiger partial charge on any atom is 0.259 e. The second-order valence-corrected chi connectivity index (χ2v) is 7.90. The van der Waals surface area contributed by atoms with E-state index in [1.807, 2.05) is 54.6 Å². The van der Waals surface area contributed by atoms with Crippen molar-refractivity contribution in [2.45, 2.75) is 6.23 Å². The maximum atomic E-state index is 6.13. The van der Waals surface area contributed by atoms with Gasteiger partial charge < -0.3 is 4.74 Å². The number of nitrogens with one attached hydrogen (secondary N) is 1. The van der Waals surface area contributed by atoms with Crippen LogP contribution in [0.1, 0.15) is 17.6 Å². The summed E-state index contributed by atoms with van der Waals surface area (Å²) in [6, 6.07) is 24.0. The van der Waals surface area contributed by atoms with Gasteiger partial charge in [-0.15, -0.1) is 5.10 Å². The Balaban J connectivity index is 1.25. The van der Waals surface area contributed by atoms with E-state index in [0.29, 0.717) is 11.6 Å². The van der Waals surface area contributed by atoms with E-state index in [0.717, 1.165) is 49.3 Å². The van der Waals surface area contributed by atoms with Crippen molar-refractivity contribution in [1.29, 1.82) is 0 Å². The fourth-order valence-electron chi connectivity index (χ4n) is 4.25. The molecule has 156 valence electrons. The van der Waals surface area contributed by atoms with Gasteiger partial charge in [0.25, 0.3) is 5.90 Å². The zero-order chi connectivity index (χ0) is 21.8. The van der Waals surface area contributed by atoms with Crippen LogP contribution in [-0.2, 0) is 4.74 Å². The van der Waals surface area contributed by atoms with E-state index in [2.05, 4.69) is 38.7 Å². The lowest BCUT2D eigenvalue weighted by Crippen LogP contribution is -2.14. The molecule has 7 heteroatoms. The summed E-state index contributed by atoms with van der Waals surface area (Å²) in [5, 5.41) is 8.54. The summed E-state index contributed by atoms with van der Waals surface area (Å²) in [5.74, 6) is 0.424. The molecule has 5 heterocycles. The second kappa shape index (κ2) is 6.93. The smallest absolute Gasteiger partial charge is 0.259 e. The quantitative estimate of drug-likeness (QED) is 0.397. The molecule has 6 aromatic rings. The molecular weight excluding hydrogens is 412 g/mol. The topological polar surface area (TPSA) is 85.2 Å². The second-order valence-electron chi connectivity index (χ2n) is 7.90. The molecule has 1 unspecified atom stereocenters. The minimum Gasteiger partial charge on any atom is -0.444 e. The summed E-state index contributed by atoms with van der Waals surface area (Å²) in [6.07, 6.45) is 3.05. The van der Waals surface area contributed by atoms with Crippen LogP contribution in [0, 0.1) is 0 Å².